The lowest BCUT2D eigenvalue weighted by molar-refractivity contribution is 0.573. The Kier molecular flexibility index (Phi) is 2.78. The van der Waals surface area contributed by atoms with Crippen LogP contribution in [0.3, 0.4) is 0 Å². The van der Waals surface area contributed by atoms with Crippen LogP contribution in [-0.2, 0) is 0 Å². The lowest BCUT2D eigenvalue weighted by atomic mass is 10.1. The van der Waals surface area contributed by atoms with E-state index in [1.54, 1.807) is 0 Å². The third-order valence-corrected chi connectivity index (χ3v) is 2.95. The molecule has 0 aliphatic carbocycles. The number of rotatable bonds is 3. The van der Waals surface area contributed by atoms with E-state index in [-0.39, 0.29) is 0 Å². The van der Waals surface area contributed by atoms with Crippen LogP contribution in [0.5, 0.6) is 0 Å². The van der Waals surface area contributed by atoms with E-state index >= 15 is 0 Å². The molecule has 2 aromatic carbocycles. The van der Waals surface area contributed by atoms with Gasteiger partial charge < -0.3 is 4.42 Å². The summed E-state index contributed by atoms with van der Waals surface area (Å²) in [6.07, 6.45) is 0.331. The van der Waals surface area contributed by atoms with Crippen LogP contribution in [-0.4, -0.2) is 11.5 Å². The maximum absolute atomic E-state index is 8.55. The predicted molar refractivity (Wildman–Crippen MR) is 73.3 cm³/mol. The number of nitriles is 1. The van der Waals surface area contributed by atoms with Crippen molar-refractivity contribution in [3.63, 3.8) is 0 Å². The van der Waals surface area contributed by atoms with Gasteiger partial charge in [0, 0.05) is 0 Å². The highest BCUT2D eigenvalue weighted by Crippen LogP contribution is 2.25. The molecule has 1 aromatic heterocycles. The van der Waals surface area contributed by atoms with E-state index in [0.717, 1.165) is 16.3 Å². The quantitative estimate of drug-likeness (QED) is 0.572. The summed E-state index contributed by atoms with van der Waals surface area (Å²) in [5.41, 5.74) is 1.46. The van der Waals surface area contributed by atoms with E-state index < -0.39 is 0 Å². The van der Waals surface area contributed by atoms with Crippen LogP contribution in [0.4, 0.5) is 6.01 Å². The molecule has 0 saturated carbocycles. The number of fused-ring (bicyclic) bond motifs is 2. The van der Waals surface area contributed by atoms with E-state index in [2.05, 4.69) is 4.98 Å². The highest BCUT2D eigenvalue weighted by molar-refractivity contribution is 5.94. The lowest BCUT2D eigenvalue weighted by Gasteiger charge is -2.10. The van der Waals surface area contributed by atoms with Crippen molar-refractivity contribution in [2.75, 3.05) is 11.6 Å². The highest BCUT2D eigenvalue weighted by Gasteiger charge is 2.11. The maximum atomic E-state index is 8.55. The molecule has 0 spiro atoms. The standard InChI is InChI=1S/C14H12N4O/c15-6-3-7-18(16)14-17-12-8-10-4-1-2-5-11(10)9-13(12)19-14/h1-2,4-5,8-9H,3,7,16H2. The van der Waals surface area contributed by atoms with Crippen LogP contribution in [0.25, 0.3) is 21.9 Å². The molecule has 3 aromatic rings. The summed E-state index contributed by atoms with van der Waals surface area (Å²) in [4.78, 5) is 4.34. The minimum Gasteiger partial charge on any atom is -0.422 e. The van der Waals surface area contributed by atoms with Crippen molar-refractivity contribution in [3.8, 4) is 6.07 Å². The summed E-state index contributed by atoms with van der Waals surface area (Å²) in [6, 6.07) is 14.3. The zero-order chi connectivity index (χ0) is 13.2. The van der Waals surface area contributed by atoms with Crippen molar-refractivity contribution < 1.29 is 4.42 Å². The van der Waals surface area contributed by atoms with Gasteiger partial charge in [-0.05, 0) is 22.9 Å². The molecule has 0 aliphatic rings. The Morgan fingerprint density at radius 3 is 2.74 bits per heavy atom. The largest absolute Gasteiger partial charge is 0.422 e. The first-order valence-corrected chi connectivity index (χ1v) is 5.96. The monoisotopic (exact) mass is 252 g/mol. The molecule has 0 aliphatic heterocycles. The second-order valence-corrected chi connectivity index (χ2v) is 4.27. The van der Waals surface area contributed by atoms with Gasteiger partial charge in [0.25, 0.3) is 0 Å². The van der Waals surface area contributed by atoms with Crippen molar-refractivity contribution in [1.82, 2.24) is 4.98 Å². The Hall–Kier alpha value is -2.58. The topological polar surface area (TPSA) is 79.1 Å². The van der Waals surface area contributed by atoms with Crippen LogP contribution in [0.15, 0.2) is 40.8 Å². The third kappa shape index (κ3) is 2.09. The minimum atomic E-state index is 0.331. The van der Waals surface area contributed by atoms with Crippen molar-refractivity contribution in [3.05, 3.63) is 36.4 Å². The lowest BCUT2D eigenvalue weighted by Crippen LogP contribution is -2.31. The normalized spacial score (nSPS) is 10.7. The molecule has 0 radical (unpaired) electrons. The van der Waals surface area contributed by atoms with Crippen LogP contribution in [0.2, 0.25) is 0 Å². The summed E-state index contributed by atoms with van der Waals surface area (Å²) < 4.78 is 5.62. The summed E-state index contributed by atoms with van der Waals surface area (Å²) in [5.74, 6) is 5.80. The SMILES string of the molecule is N#CCCN(N)c1nc2cc3ccccc3cc2o1. The number of benzene rings is 2. The number of nitrogens with zero attached hydrogens (tertiary/aromatic N) is 3. The third-order valence-electron chi connectivity index (χ3n) is 2.95. The summed E-state index contributed by atoms with van der Waals surface area (Å²) in [6.45, 7) is 0.392. The number of hydrazine groups is 1. The molecule has 3 rings (SSSR count). The first-order chi connectivity index (χ1) is 9.28. The van der Waals surface area contributed by atoms with Gasteiger partial charge in [-0.1, -0.05) is 24.3 Å². The summed E-state index contributed by atoms with van der Waals surface area (Å²) in [5, 5.41) is 12.1. The van der Waals surface area contributed by atoms with Gasteiger partial charge in [-0.15, -0.1) is 0 Å². The number of hydrogen-bond donors (Lipinski definition) is 1. The Morgan fingerprint density at radius 1 is 1.26 bits per heavy atom. The molecule has 5 nitrogen and oxygen atoms in total. The van der Waals surface area contributed by atoms with Crippen LogP contribution in [0.1, 0.15) is 6.42 Å². The average molecular weight is 252 g/mol. The number of hydrogen-bond acceptors (Lipinski definition) is 5. The fourth-order valence-electron chi connectivity index (χ4n) is 1.99. The minimum absolute atomic E-state index is 0.331. The molecule has 94 valence electrons. The molecule has 0 atom stereocenters. The molecular weight excluding hydrogens is 240 g/mol. The van der Waals surface area contributed by atoms with Crippen molar-refractivity contribution in [1.29, 1.82) is 5.26 Å². The number of nitrogens with two attached hydrogens (primary N) is 1. The zero-order valence-corrected chi connectivity index (χ0v) is 10.2. The fraction of sp³-hybridized carbons (Fsp3) is 0.143. The molecule has 0 amide bonds. The van der Waals surface area contributed by atoms with Crippen LogP contribution in [0, 0.1) is 11.3 Å². The molecule has 0 bridgehead atoms. The highest BCUT2D eigenvalue weighted by atomic mass is 16.4. The van der Waals surface area contributed by atoms with E-state index in [9.17, 15) is 0 Å². The van der Waals surface area contributed by atoms with Gasteiger partial charge in [0.2, 0.25) is 0 Å². The predicted octanol–water partition coefficient (Wildman–Crippen LogP) is 2.57. The second-order valence-electron chi connectivity index (χ2n) is 4.27. The Bertz CT molecular complexity index is 719. The maximum Gasteiger partial charge on any atom is 0.313 e. The first-order valence-electron chi connectivity index (χ1n) is 5.96. The van der Waals surface area contributed by atoms with E-state index in [1.807, 2.05) is 42.5 Å². The molecule has 0 saturated heterocycles. The van der Waals surface area contributed by atoms with Gasteiger partial charge in [0.1, 0.15) is 5.52 Å². The van der Waals surface area contributed by atoms with Gasteiger partial charge in [-0.2, -0.15) is 10.2 Å². The molecule has 0 unspecified atom stereocenters. The molecule has 2 N–H and O–H groups in total. The number of aromatic nitrogens is 1. The smallest absolute Gasteiger partial charge is 0.313 e. The summed E-state index contributed by atoms with van der Waals surface area (Å²) >= 11 is 0. The molecular formula is C14H12N4O. The van der Waals surface area contributed by atoms with Gasteiger partial charge in [-0.25, -0.2) is 5.84 Å². The van der Waals surface area contributed by atoms with Gasteiger partial charge in [0.15, 0.2) is 5.58 Å². The number of oxazole rings is 1. The van der Waals surface area contributed by atoms with Crippen molar-refractivity contribution in [2.45, 2.75) is 6.42 Å². The molecule has 5 heteroatoms. The average Bonchev–Trinajstić information content (AvgIpc) is 2.85. The van der Waals surface area contributed by atoms with E-state index in [0.29, 0.717) is 24.6 Å². The molecule has 0 fully saturated rings. The first kappa shape index (κ1) is 11.5. The summed E-state index contributed by atoms with van der Waals surface area (Å²) in [7, 11) is 0. The van der Waals surface area contributed by atoms with Gasteiger partial charge in [-0.3, -0.25) is 5.01 Å². The van der Waals surface area contributed by atoms with Crippen LogP contribution < -0.4 is 10.9 Å². The molecule has 19 heavy (non-hydrogen) atoms. The van der Waals surface area contributed by atoms with Gasteiger partial charge >= 0.3 is 6.01 Å². The van der Waals surface area contributed by atoms with Crippen molar-refractivity contribution in [2.24, 2.45) is 5.84 Å². The Labute approximate surface area is 109 Å². The van der Waals surface area contributed by atoms with Crippen molar-refractivity contribution >= 4 is 27.9 Å². The Morgan fingerprint density at radius 2 is 2.00 bits per heavy atom. The second kappa shape index (κ2) is 4.59. The molecule has 1 heterocycles. The van der Waals surface area contributed by atoms with Gasteiger partial charge in [0.05, 0.1) is 19.0 Å². The Balaban J connectivity index is 2.05. The fourth-order valence-corrected chi connectivity index (χ4v) is 1.99. The van der Waals surface area contributed by atoms with E-state index in [1.165, 1.54) is 5.01 Å². The number of anilines is 1. The van der Waals surface area contributed by atoms with Crippen LogP contribution >= 0.6 is 0 Å². The zero-order valence-electron chi connectivity index (χ0n) is 10.2. The van der Waals surface area contributed by atoms with E-state index in [4.69, 9.17) is 15.5 Å².